The van der Waals surface area contributed by atoms with E-state index in [-0.39, 0.29) is 24.5 Å². The highest BCUT2D eigenvalue weighted by Crippen LogP contribution is 2.37. The highest BCUT2D eigenvalue weighted by molar-refractivity contribution is 9.10. The number of carbonyl (C=O) groups is 2. The molecule has 0 aliphatic heterocycles. The van der Waals surface area contributed by atoms with Crippen LogP contribution in [0, 0.1) is 5.92 Å². The first-order valence-corrected chi connectivity index (χ1v) is 7.88. The molecule has 2 rings (SSSR count). The number of carbonyl (C=O) groups excluding carboxylic acids is 2. The van der Waals surface area contributed by atoms with Crippen LogP contribution in [-0.4, -0.2) is 24.6 Å². The number of hydrogen-bond donors (Lipinski definition) is 0. The molecule has 0 spiro atoms. The van der Waals surface area contributed by atoms with E-state index in [0.717, 1.165) is 17.3 Å². The summed E-state index contributed by atoms with van der Waals surface area (Å²) in [5, 5.41) is 1.82. The largest absolute Gasteiger partial charge is 0.466 e. The Morgan fingerprint density at radius 3 is 2.79 bits per heavy atom. The van der Waals surface area contributed by atoms with Crippen LogP contribution in [0.5, 0.6) is 0 Å². The zero-order valence-corrected chi connectivity index (χ0v) is 13.0. The standard InChI is InChI=1S/C13H15BrO4S/c1-2-17-11(15)7-10(8-3-4-8)18-13(16)12-9(14)5-6-19-12/h5-6,8,10H,2-4,7H2,1H3/t10-/m1/s1. The van der Waals surface area contributed by atoms with E-state index in [9.17, 15) is 9.59 Å². The van der Waals surface area contributed by atoms with Crippen molar-refractivity contribution in [1.29, 1.82) is 0 Å². The smallest absolute Gasteiger partial charge is 0.349 e. The molecule has 6 heteroatoms. The lowest BCUT2D eigenvalue weighted by Crippen LogP contribution is -2.24. The number of rotatable bonds is 6. The second-order valence-corrected chi connectivity index (χ2v) is 6.16. The third-order valence-electron chi connectivity index (χ3n) is 2.88. The zero-order chi connectivity index (χ0) is 13.8. The minimum Gasteiger partial charge on any atom is -0.466 e. The molecular formula is C13H15BrO4S. The van der Waals surface area contributed by atoms with Gasteiger partial charge in [0, 0.05) is 4.47 Å². The van der Waals surface area contributed by atoms with E-state index < -0.39 is 0 Å². The monoisotopic (exact) mass is 346 g/mol. The predicted molar refractivity (Wildman–Crippen MR) is 75.2 cm³/mol. The third kappa shape index (κ3) is 4.04. The number of halogens is 1. The second-order valence-electron chi connectivity index (χ2n) is 4.39. The lowest BCUT2D eigenvalue weighted by atomic mass is 10.1. The van der Waals surface area contributed by atoms with E-state index in [4.69, 9.17) is 9.47 Å². The third-order valence-corrected chi connectivity index (χ3v) is 4.70. The van der Waals surface area contributed by atoms with Crippen molar-refractivity contribution in [2.45, 2.75) is 32.3 Å². The maximum absolute atomic E-state index is 12.0. The van der Waals surface area contributed by atoms with Gasteiger partial charge in [-0.1, -0.05) is 0 Å². The summed E-state index contributed by atoms with van der Waals surface area (Å²) < 4.78 is 11.1. The van der Waals surface area contributed by atoms with Crippen LogP contribution in [0.25, 0.3) is 0 Å². The maximum atomic E-state index is 12.0. The summed E-state index contributed by atoms with van der Waals surface area (Å²) in [5.41, 5.74) is 0. The molecule has 0 radical (unpaired) electrons. The first-order chi connectivity index (χ1) is 9.11. The molecule has 0 aromatic carbocycles. The molecule has 0 saturated heterocycles. The average molecular weight is 347 g/mol. The van der Waals surface area contributed by atoms with Crippen LogP contribution in [0.2, 0.25) is 0 Å². The molecule has 1 aromatic rings. The van der Waals surface area contributed by atoms with Gasteiger partial charge in [-0.2, -0.15) is 0 Å². The molecule has 0 unspecified atom stereocenters. The Bertz CT molecular complexity index is 467. The Morgan fingerprint density at radius 2 is 2.26 bits per heavy atom. The number of ether oxygens (including phenoxy) is 2. The van der Waals surface area contributed by atoms with Gasteiger partial charge in [-0.3, -0.25) is 4.79 Å². The first kappa shape index (κ1) is 14.5. The minimum atomic E-state index is -0.372. The van der Waals surface area contributed by atoms with Gasteiger partial charge >= 0.3 is 11.9 Å². The molecular weight excluding hydrogens is 332 g/mol. The van der Waals surface area contributed by atoms with Crippen LogP contribution in [0.15, 0.2) is 15.9 Å². The van der Waals surface area contributed by atoms with Crippen molar-refractivity contribution in [2.24, 2.45) is 5.92 Å². The Hall–Kier alpha value is -0.880. The van der Waals surface area contributed by atoms with Gasteiger partial charge in [0.1, 0.15) is 11.0 Å². The molecule has 0 N–H and O–H groups in total. The fourth-order valence-corrected chi connectivity index (χ4v) is 3.20. The van der Waals surface area contributed by atoms with Gasteiger partial charge in [0.05, 0.1) is 13.0 Å². The summed E-state index contributed by atoms with van der Waals surface area (Å²) >= 11 is 4.63. The van der Waals surface area contributed by atoms with Crippen LogP contribution < -0.4 is 0 Å². The molecule has 19 heavy (non-hydrogen) atoms. The summed E-state index contributed by atoms with van der Waals surface area (Å²) in [4.78, 5) is 24.1. The molecule has 1 aliphatic carbocycles. The summed E-state index contributed by atoms with van der Waals surface area (Å²) in [6, 6.07) is 1.80. The topological polar surface area (TPSA) is 52.6 Å². The fourth-order valence-electron chi connectivity index (χ4n) is 1.79. The first-order valence-electron chi connectivity index (χ1n) is 6.21. The van der Waals surface area contributed by atoms with Crippen LogP contribution in [0.4, 0.5) is 0 Å². The molecule has 1 heterocycles. The van der Waals surface area contributed by atoms with Crippen molar-refractivity contribution in [2.75, 3.05) is 6.61 Å². The summed E-state index contributed by atoms with van der Waals surface area (Å²) in [5.74, 6) is -0.382. The van der Waals surface area contributed by atoms with Gasteiger partial charge in [0.25, 0.3) is 0 Å². The molecule has 4 nitrogen and oxygen atoms in total. The normalized spacial score (nSPS) is 15.9. The van der Waals surface area contributed by atoms with E-state index >= 15 is 0 Å². The van der Waals surface area contributed by atoms with Crippen molar-refractivity contribution in [1.82, 2.24) is 0 Å². The lowest BCUT2D eigenvalue weighted by Gasteiger charge is -2.16. The van der Waals surface area contributed by atoms with Gasteiger partial charge in [0.15, 0.2) is 0 Å². The highest BCUT2D eigenvalue weighted by Gasteiger charge is 2.36. The number of esters is 2. The highest BCUT2D eigenvalue weighted by atomic mass is 79.9. The summed E-state index contributed by atoms with van der Waals surface area (Å²) in [6.45, 7) is 2.11. The summed E-state index contributed by atoms with van der Waals surface area (Å²) in [7, 11) is 0. The lowest BCUT2D eigenvalue weighted by molar-refractivity contribution is -0.145. The van der Waals surface area contributed by atoms with Crippen molar-refractivity contribution in [3.63, 3.8) is 0 Å². The van der Waals surface area contributed by atoms with Gasteiger partial charge in [-0.05, 0) is 53.1 Å². The molecule has 1 aromatic heterocycles. The Morgan fingerprint density at radius 1 is 1.53 bits per heavy atom. The van der Waals surface area contributed by atoms with E-state index in [0.29, 0.717) is 17.4 Å². The van der Waals surface area contributed by atoms with E-state index in [1.807, 2.05) is 5.38 Å². The molecule has 0 amide bonds. The van der Waals surface area contributed by atoms with E-state index in [1.54, 1.807) is 13.0 Å². The maximum Gasteiger partial charge on any atom is 0.349 e. The van der Waals surface area contributed by atoms with Gasteiger partial charge < -0.3 is 9.47 Å². The summed E-state index contributed by atoms with van der Waals surface area (Å²) in [6.07, 6.45) is 1.79. The van der Waals surface area contributed by atoms with Crippen LogP contribution >= 0.6 is 27.3 Å². The molecule has 1 saturated carbocycles. The fraction of sp³-hybridized carbons (Fsp3) is 0.538. The molecule has 1 atom stereocenters. The van der Waals surface area contributed by atoms with Crippen LogP contribution in [0.3, 0.4) is 0 Å². The van der Waals surface area contributed by atoms with Gasteiger partial charge in [-0.15, -0.1) is 11.3 Å². The SMILES string of the molecule is CCOC(=O)C[C@@H](OC(=O)c1sccc1Br)C1CC1. The van der Waals surface area contributed by atoms with E-state index in [2.05, 4.69) is 15.9 Å². The number of hydrogen-bond acceptors (Lipinski definition) is 5. The Kier molecular flexibility index (Phi) is 4.99. The van der Waals surface area contributed by atoms with Gasteiger partial charge in [0.2, 0.25) is 0 Å². The molecule has 0 bridgehead atoms. The van der Waals surface area contributed by atoms with Crippen molar-refractivity contribution in [3.8, 4) is 0 Å². The van der Waals surface area contributed by atoms with Gasteiger partial charge in [-0.25, -0.2) is 4.79 Å². The van der Waals surface area contributed by atoms with Crippen LogP contribution in [0.1, 0.15) is 35.9 Å². The van der Waals surface area contributed by atoms with Crippen LogP contribution in [-0.2, 0) is 14.3 Å². The predicted octanol–water partition coefficient (Wildman–Crippen LogP) is 3.40. The van der Waals surface area contributed by atoms with E-state index in [1.165, 1.54) is 11.3 Å². The van der Waals surface area contributed by atoms with Crippen molar-refractivity contribution in [3.05, 3.63) is 20.8 Å². The Balaban J connectivity index is 1.95. The number of thiophene rings is 1. The average Bonchev–Trinajstić information content (AvgIpc) is 3.11. The van der Waals surface area contributed by atoms with Crippen molar-refractivity contribution < 1.29 is 19.1 Å². The molecule has 1 fully saturated rings. The second kappa shape index (κ2) is 6.52. The Labute approximate surface area is 124 Å². The quantitative estimate of drug-likeness (QED) is 0.740. The molecule has 104 valence electrons. The molecule has 1 aliphatic rings. The van der Waals surface area contributed by atoms with Crippen molar-refractivity contribution >= 4 is 39.2 Å². The zero-order valence-electron chi connectivity index (χ0n) is 10.6. The minimum absolute atomic E-state index is 0.146.